The minimum Gasteiger partial charge on any atom is -0.481 e. The van der Waals surface area contributed by atoms with E-state index in [2.05, 4.69) is 4.98 Å². The van der Waals surface area contributed by atoms with Gasteiger partial charge < -0.3 is 19.9 Å². The zero-order valence-corrected chi connectivity index (χ0v) is 14.8. The van der Waals surface area contributed by atoms with Crippen LogP contribution in [0.5, 0.6) is 0 Å². The lowest BCUT2D eigenvalue weighted by atomic mass is 10.00. The van der Waals surface area contributed by atoms with Gasteiger partial charge in [0.15, 0.2) is 9.84 Å². The number of fused-ring (bicyclic) bond motifs is 1. The second-order valence-electron chi connectivity index (χ2n) is 6.39. The summed E-state index contributed by atoms with van der Waals surface area (Å²) in [6.07, 6.45) is 3.35. The zero-order chi connectivity index (χ0) is 18.1. The summed E-state index contributed by atoms with van der Waals surface area (Å²) < 4.78 is 24.5. The lowest BCUT2D eigenvalue weighted by molar-refractivity contribution is -0.134. The highest BCUT2D eigenvalue weighted by molar-refractivity contribution is 7.92. The largest absolute Gasteiger partial charge is 0.481 e. The molecule has 9 heteroatoms. The Balaban J connectivity index is 0.000000471. The molecule has 134 valence electrons. The molecule has 2 fully saturated rings. The Hall–Kier alpha value is -1.87. The summed E-state index contributed by atoms with van der Waals surface area (Å²) in [4.78, 5) is 27.8. The SMILES string of the molecule is CC(=O)O.CN(C)[C@@H]1CS(=O)(=O)[C@H]2CN(C(=O)c3cc[nH]c3)C[C@@H]12. The third-order valence-electron chi connectivity index (χ3n) is 4.46. The molecular weight excluding hydrogens is 334 g/mol. The summed E-state index contributed by atoms with van der Waals surface area (Å²) in [5.41, 5.74) is 0.587. The molecule has 0 radical (unpaired) electrons. The highest BCUT2D eigenvalue weighted by Crippen LogP contribution is 2.36. The molecule has 0 bridgehead atoms. The maximum Gasteiger partial charge on any atom is 0.300 e. The van der Waals surface area contributed by atoms with Crippen molar-refractivity contribution >= 4 is 21.7 Å². The van der Waals surface area contributed by atoms with Crippen molar-refractivity contribution in [1.29, 1.82) is 0 Å². The smallest absolute Gasteiger partial charge is 0.300 e. The fourth-order valence-electron chi connectivity index (χ4n) is 3.37. The van der Waals surface area contributed by atoms with Gasteiger partial charge in [-0.3, -0.25) is 9.59 Å². The van der Waals surface area contributed by atoms with E-state index >= 15 is 0 Å². The van der Waals surface area contributed by atoms with Crippen molar-refractivity contribution < 1.29 is 23.1 Å². The van der Waals surface area contributed by atoms with Crippen molar-refractivity contribution in [3.8, 4) is 0 Å². The fourth-order valence-corrected chi connectivity index (χ4v) is 5.85. The van der Waals surface area contributed by atoms with Gasteiger partial charge in [-0.2, -0.15) is 0 Å². The number of aromatic nitrogens is 1. The summed E-state index contributed by atoms with van der Waals surface area (Å²) in [6.45, 7) is 1.93. The Kier molecular flexibility index (Phi) is 5.34. The van der Waals surface area contributed by atoms with Crippen molar-refractivity contribution in [2.24, 2.45) is 5.92 Å². The van der Waals surface area contributed by atoms with Crippen LogP contribution >= 0.6 is 0 Å². The number of H-pyrrole nitrogens is 1. The molecule has 3 heterocycles. The van der Waals surface area contributed by atoms with Gasteiger partial charge in [0.2, 0.25) is 0 Å². The van der Waals surface area contributed by atoms with Crippen molar-refractivity contribution in [2.75, 3.05) is 32.9 Å². The summed E-state index contributed by atoms with van der Waals surface area (Å²) in [5, 5.41) is 7.01. The van der Waals surface area contributed by atoms with Crippen LogP contribution in [-0.2, 0) is 14.6 Å². The maximum atomic E-state index is 12.3. The minimum absolute atomic E-state index is 0.00836. The van der Waals surface area contributed by atoms with Crippen molar-refractivity contribution in [3.05, 3.63) is 24.0 Å². The van der Waals surface area contributed by atoms with Gasteiger partial charge in [0.25, 0.3) is 11.9 Å². The van der Waals surface area contributed by atoms with E-state index in [1.165, 1.54) is 0 Å². The number of carboxylic acid groups (broad SMARTS) is 1. The second-order valence-corrected chi connectivity index (χ2v) is 8.66. The molecule has 3 rings (SSSR count). The minimum atomic E-state index is -3.10. The zero-order valence-electron chi connectivity index (χ0n) is 14.0. The van der Waals surface area contributed by atoms with Gasteiger partial charge in [0.05, 0.1) is 16.6 Å². The lowest BCUT2D eigenvalue weighted by Crippen LogP contribution is -2.38. The van der Waals surface area contributed by atoms with Crippen LogP contribution in [0.25, 0.3) is 0 Å². The van der Waals surface area contributed by atoms with Crippen LogP contribution in [0.4, 0.5) is 0 Å². The Morgan fingerprint density at radius 2 is 1.96 bits per heavy atom. The molecule has 1 aromatic rings. The fraction of sp³-hybridized carbons (Fsp3) is 0.600. The van der Waals surface area contributed by atoms with Crippen molar-refractivity contribution in [1.82, 2.24) is 14.8 Å². The molecule has 8 nitrogen and oxygen atoms in total. The number of amides is 1. The third kappa shape index (κ3) is 3.78. The van der Waals surface area contributed by atoms with E-state index in [1.54, 1.807) is 23.4 Å². The molecular formula is C15H23N3O5S. The monoisotopic (exact) mass is 357 g/mol. The van der Waals surface area contributed by atoms with Crippen LogP contribution in [0.1, 0.15) is 17.3 Å². The molecule has 0 aromatic carbocycles. The highest BCUT2D eigenvalue weighted by atomic mass is 32.2. The van der Waals surface area contributed by atoms with Gasteiger partial charge in [-0.1, -0.05) is 0 Å². The van der Waals surface area contributed by atoms with Crippen LogP contribution in [0.2, 0.25) is 0 Å². The summed E-state index contributed by atoms with van der Waals surface area (Å²) in [6, 6.07) is 1.72. The van der Waals surface area contributed by atoms with Gasteiger partial charge >= 0.3 is 0 Å². The number of aliphatic carboxylic acids is 1. The van der Waals surface area contributed by atoms with Crippen LogP contribution in [0.3, 0.4) is 0 Å². The molecule has 0 spiro atoms. The standard InChI is InChI=1S/C13H19N3O3S.C2H4O2/c1-15(2)11-8-20(18,19)12-7-16(6-10(11)12)13(17)9-3-4-14-5-9;1-2(3)4/h3-5,10-12,14H,6-8H2,1-2H3;1H3,(H,3,4)/t10-,11+,12-;/m0./s1. The predicted octanol–water partition coefficient (Wildman–Crippen LogP) is -0.0952. The number of hydrogen-bond donors (Lipinski definition) is 2. The van der Waals surface area contributed by atoms with Crippen LogP contribution in [0.15, 0.2) is 18.5 Å². The van der Waals surface area contributed by atoms with Gasteiger partial charge in [-0.15, -0.1) is 0 Å². The van der Waals surface area contributed by atoms with E-state index in [-0.39, 0.29) is 23.6 Å². The van der Waals surface area contributed by atoms with E-state index in [4.69, 9.17) is 9.90 Å². The van der Waals surface area contributed by atoms with Crippen LogP contribution < -0.4 is 0 Å². The molecule has 3 atom stereocenters. The van der Waals surface area contributed by atoms with E-state index in [0.29, 0.717) is 18.7 Å². The van der Waals surface area contributed by atoms with E-state index in [0.717, 1.165) is 6.92 Å². The first-order valence-corrected chi connectivity index (χ1v) is 9.34. The Labute approximate surface area is 141 Å². The molecule has 1 aromatic heterocycles. The first-order valence-electron chi connectivity index (χ1n) is 7.63. The number of aromatic amines is 1. The van der Waals surface area contributed by atoms with Crippen LogP contribution in [-0.4, -0.2) is 84.4 Å². The summed E-state index contributed by atoms with van der Waals surface area (Å²) in [7, 11) is 0.707. The number of rotatable bonds is 2. The number of carbonyl (C=O) groups is 2. The van der Waals surface area contributed by atoms with Crippen molar-refractivity contribution in [3.63, 3.8) is 0 Å². The number of carbonyl (C=O) groups excluding carboxylic acids is 1. The van der Waals surface area contributed by atoms with Crippen molar-refractivity contribution in [2.45, 2.75) is 18.2 Å². The number of carboxylic acids is 1. The second kappa shape index (κ2) is 6.94. The first-order chi connectivity index (χ1) is 11.1. The number of nitrogens with one attached hydrogen (secondary N) is 1. The van der Waals surface area contributed by atoms with E-state index < -0.39 is 21.1 Å². The number of nitrogens with zero attached hydrogens (tertiary/aromatic N) is 2. The van der Waals surface area contributed by atoms with Gasteiger partial charge in [0, 0.05) is 44.4 Å². The molecule has 2 N–H and O–H groups in total. The molecule has 0 aliphatic carbocycles. The molecule has 2 aliphatic heterocycles. The third-order valence-corrected chi connectivity index (χ3v) is 6.69. The average molecular weight is 357 g/mol. The topological polar surface area (TPSA) is 111 Å². The molecule has 1 amide bonds. The Morgan fingerprint density at radius 3 is 2.46 bits per heavy atom. The van der Waals surface area contributed by atoms with Gasteiger partial charge in [-0.25, -0.2) is 8.42 Å². The number of likely N-dealkylation sites (tertiary alicyclic amines) is 1. The molecule has 0 saturated carbocycles. The van der Waals surface area contributed by atoms with E-state index in [1.807, 2.05) is 19.0 Å². The molecule has 2 aliphatic rings. The first kappa shape index (κ1) is 18.5. The molecule has 0 unspecified atom stereocenters. The maximum absolute atomic E-state index is 12.3. The van der Waals surface area contributed by atoms with Crippen LogP contribution in [0, 0.1) is 5.92 Å². The number of hydrogen-bond acceptors (Lipinski definition) is 5. The number of sulfone groups is 1. The Bertz CT molecular complexity index is 695. The highest BCUT2D eigenvalue weighted by Gasteiger charge is 2.53. The summed E-state index contributed by atoms with van der Waals surface area (Å²) >= 11 is 0. The van der Waals surface area contributed by atoms with E-state index in [9.17, 15) is 13.2 Å². The quantitative estimate of drug-likeness (QED) is 0.765. The van der Waals surface area contributed by atoms with Gasteiger partial charge in [0.1, 0.15) is 0 Å². The molecule has 24 heavy (non-hydrogen) atoms. The van der Waals surface area contributed by atoms with Gasteiger partial charge in [-0.05, 0) is 20.2 Å². The molecule has 2 saturated heterocycles. The average Bonchev–Trinajstić information content (AvgIpc) is 3.15. The lowest BCUT2D eigenvalue weighted by Gasteiger charge is -2.24. The summed E-state index contributed by atoms with van der Waals surface area (Å²) in [5.74, 6) is -0.687. The Morgan fingerprint density at radius 1 is 1.33 bits per heavy atom. The predicted molar refractivity (Wildman–Crippen MR) is 88.5 cm³/mol. The normalized spacial score (nSPS) is 27.5.